The fourth-order valence-electron chi connectivity index (χ4n) is 2.72. The third-order valence-electron chi connectivity index (χ3n) is 4.05. The van der Waals surface area contributed by atoms with Crippen LogP contribution in [-0.2, 0) is 0 Å². The Labute approximate surface area is 131 Å². The summed E-state index contributed by atoms with van der Waals surface area (Å²) in [7, 11) is 0. The van der Waals surface area contributed by atoms with E-state index in [1.54, 1.807) is 12.1 Å². The van der Waals surface area contributed by atoms with Gasteiger partial charge in [-0.25, -0.2) is 4.39 Å². The van der Waals surface area contributed by atoms with E-state index in [2.05, 4.69) is 18.8 Å². The van der Waals surface area contributed by atoms with Crippen LogP contribution in [-0.4, -0.2) is 12.0 Å². The zero-order valence-electron chi connectivity index (χ0n) is 12.5. The van der Waals surface area contributed by atoms with Crippen LogP contribution in [0.3, 0.4) is 0 Å². The second kappa shape index (κ2) is 8.29. The van der Waals surface area contributed by atoms with Gasteiger partial charge in [0.25, 0.3) is 0 Å². The van der Waals surface area contributed by atoms with Crippen LogP contribution in [0.25, 0.3) is 0 Å². The summed E-state index contributed by atoms with van der Waals surface area (Å²) in [6.07, 6.45) is 6.38. The third-order valence-corrected chi connectivity index (χ3v) is 4.24. The van der Waals surface area contributed by atoms with Crippen LogP contribution in [0.15, 0.2) is 18.2 Å². The van der Waals surface area contributed by atoms with Crippen molar-refractivity contribution >= 4 is 11.6 Å². The Hall–Kier alpha value is -1.20. The Balaban J connectivity index is 1.99. The number of hydrogen-bond acceptors (Lipinski definition) is 1. The summed E-state index contributed by atoms with van der Waals surface area (Å²) in [4.78, 5) is 0. The SMILES string of the molecule is CCC1CCC(Oc2cc(C#CCCCl)ccc2F)CC1. The number of benzene rings is 1. The van der Waals surface area contributed by atoms with Gasteiger partial charge in [0.05, 0.1) is 6.10 Å². The zero-order valence-corrected chi connectivity index (χ0v) is 13.3. The molecule has 0 saturated heterocycles. The van der Waals surface area contributed by atoms with Gasteiger partial charge in [-0.05, 0) is 49.8 Å². The first-order chi connectivity index (χ1) is 10.2. The second-order valence-electron chi connectivity index (χ2n) is 5.55. The van der Waals surface area contributed by atoms with Gasteiger partial charge in [-0.1, -0.05) is 25.2 Å². The van der Waals surface area contributed by atoms with Gasteiger partial charge in [0.2, 0.25) is 0 Å². The number of halogens is 2. The van der Waals surface area contributed by atoms with Crippen LogP contribution >= 0.6 is 11.6 Å². The highest BCUT2D eigenvalue weighted by Gasteiger charge is 2.22. The molecule has 0 radical (unpaired) electrons. The van der Waals surface area contributed by atoms with Crippen molar-refractivity contribution in [3.8, 4) is 17.6 Å². The number of hydrogen-bond donors (Lipinski definition) is 0. The molecule has 21 heavy (non-hydrogen) atoms. The van der Waals surface area contributed by atoms with E-state index in [4.69, 9.17) is 16.3 Å². The van der Waals surface area contributed by atoms with E-state index in [0.717, 1.165) is 24.3 Å². The standard InChI is InChI=1S/C18H22ClFO/c1-2-14-6-9-16(10-7-14)21-18-13-15(5-3-4-12-19)8-11-17(18)20/h8,11,13-14,16H,2,4,6-7,9-10,12H2,1H3. The summed E-state index contributed by atoms with van der Waals surface area (Å²) in [5.41, 5.74) is 0.777. The van der Waals surface area contributed by atoms with Crippen molar-refractivity contribution in [1.82, 2.24) is 0 Å². The molecule has 2 rings (SSSR count). The van der Waals surface area contributed by atoms with Crippen molar-refractivity contribution in [2.45, 2.75) is 51.6 Å². The van der Waals surface area contributed by atoms with E-state index in [9.17, 15) is 4.39 Å². The first-order valence-electron chi connectivity index (χ1n) is 7.74. The fraction of sp³-hybridized carbons (Fsp3) is 0.556. The van der Waals surface area contributed by atoms with Crippen LogP contribution < -0.4 is 4.74 Å². The van der Waals surface area contributed by atoms with Crippen LogP contribution in [0.1, 0.15) is 51.0 Å². The summed E-state index contributed by atoms with van der Waals surface area (Å²) >= 11 is 5.59. The minimum atomic E-state index is -0.310. The first-order valence-corrected chi connectivity index (χ1v) is 8.27. The maximum atomic E-state index is 13.9. The average Bonchev–Trinajstić information content (AvgIpc) is 2.51. The maximum absolute atomic E-state index is 13.9. The minimum absolute atomic E-state index is 0.133. The van der Waals surface area contributed by atoms with Crippen molar-refractivity contribution in [2.24, 2.45) is 5.92 Å². The highest BCUT2D eigenvalue weighted by Crippen LogP contribution is 2.30. The van der Waals surface area contributed by atoms with Gasteiger partial charge in [0.1, 0.15) is 0 Å². The van der Waals surface area contributed by atoms with Gasteiger partial charge in [0, 0.05) is 17.9 Å². The number of rotatable bonds is 4. The number of alkyl halides is 1. The summed E-state index contributed by atoms with van der Waals surface area (Å²) < 4.78 is 19.7. The zero-order chi connectivity index (χ0) is 15.1. The van der Waals surface area contributed by atoms with Gasteiger partial charge in [-0.3, -0.25) is 0 Å². The molecule has 0 spiro atoms. The molecule has 1 nitrogen and oxygen atoms in total. The predicted octanol–water partition coefficient (Wildman–Crippen LogP) is 5.15. The maximum Gasteiger partial charge on any atom is 0.165 e. The lowest BCUT2D eigenvalue weighted by molar-refractivity contribution is 0.125. The summed E-state index contributed by atoms with van der Waals surface area (Å²) in [6, 6.07) is 4.80. The smallest absolute Gasteiger partial charge is 0.165 e. The molecule has 114 valence electrons. The van der Waals surface area contributed by atoms with E-state index in [1.165, 1.54) is 25.3 Å². The van der Waals surface area contributed by atoms with Crippen molar-refractivity contribution in [2.75, 3.05) is 5.88 Å². The topological polar surface area (TPSA) is 9.23 Å². The monoisotopic (exact) mass is 308 g/mol. The summed E-state index contributed by atoms with van der Waals surface area (Å²) in [5.74, 6) is 7.28. The molecule has 0 atom stereocenters. The molecule has 0 heterocycles. The van der Waals surface area contributed by atoms with E-state index >= 15 is 0 Å². The predicted molar refractivity (Wildman–Crippen MR) is 85.3 cm³/mol. The molecular formula is C18H22ClFO. The molecular weight excluding hydrogens is 287 g/mol. The lowest BCUT2D eigenvalue weighted by Crippen LogP contribution is -2.24. The first kappa shape index (κ1) is 16.2. The van der Waals surface area contributed by atoms with Gasteiger partial charge in [-0.15, -0.1) is 11.6 Å². The highest BCUT2D eigenvalue weighted by molar-refractivity contribution is 6.18. The Bertz CT molecular complexity index is 510. The van der Waals surface area contributed by atoms with Gasteiger partial charge in [-0.2, -0.15) is 0 Å². The molecule has 0 N–H and O–H groups in total. The van der Waals surface area contributed by atoms with Gasteiger partial charge >= 0.3 is 0 Å². The molecule has 1 aliphatic carbocycles. The largest absolute Gasteiger partial charge is 0.487 e. The quantitative estimate of drug-likeness (QED) is 0.552. The molecule has 0 bridgehead atoms. The Morgan fingerprint density at radius 2 is 2.05 bits per heavy atom. The molecule has 1 saturated carbocycles. The molecule has 1 fully saturated rings. The number of ether oxygens (including phenoxy) is 1. The minimum Gasteiger partial charge on any atom is -0.487 e. The van der Waals surface area contributed by atoms with E-state index in [0.29, 0.717) is 18.1 Å². The molecule has 0 aromatic heterocycles. The van der Waals surface area contributed by atoms with Crippen LogP contribution in [0, 0.1) is 23.6 Å². The normalized spacial score (nSPS) is 21.5. The molecule has 1 aromatic carbocycles. The van der Waals surface area contributed by atoms with Crippen molar-refractivity contribution in [3.05, 3.63) is 29.6 Å². The molecule has 1 aromatic rings. The van der Waals surface area contributed by atoms with E-state index in [1.807, 2.05) is 0 Å². The third kappa shape index (κ3) is 4.93. The fourth-order valence-corrected chi connectivity index (χ4v) is 2.82. The lowest BCUT2D eigenvalue weighted by Gasteiger charge is -2.28. The lowest BCUT2D eigenvalue weighted by atomic mass is 9.86. The Morgan fingerprint density at radius 3 is 2.71 bits per heavy atom. The molecule has 1 aliphatic rings. The molecule has 0 unspecified atom stereocenters. The van der Waals surface area contributed by atoms with E-state index in [-0.39, 0.29) is 11.9 Å². The van der Waals surface area contributed by atoms with E-state index < -0.39 is 0 Å². The van der Waals surface area contributed by atoms with Gasteiger partial charge in [0.15, 0.2) is 11.6 Å². The highest BCUT2D eigenvalue weighted by atomic mass is 35.5. The summed E-state index contributed by atoms with van der Waals surface area (Å²) in [6.45, 7) is 2.23. The van der Waals surface area contributed by atoms with Gasteiger partial charge < -0.3 is 4.74 Å². The Morgan fingerprint density at radius 1 is 1.29 bits per heavy atom. The second-order valence-corrected chi connectivity index (χ2v) is 5.93. The molecule has 3 heteroatoms. The Kier molecular flexibility index (Phi) is 6.39. The van der Waals surface area contributed by atoms with Crippen LogP contribution in [0.2, 0.25) is 0 Å². The molecule has 0 amide bonds. The molecule has 0 aliphatic heterocycles. The van der Waals surface area contributed by atoms with Crippen LogP contribution in [0.4, 0.5) is 4.39 Å². The van der Waals surface area contributed by atoms with Crippen molar-refractivity contribution in [1.29, 1.82) is 0 Å². The summed E-state index contributed by atoms with van der Waals surface area (Å²) in [5, 5.41) is 0. The van der Waals surface area contributed by atoms with Crippen LogP contribution in [0.5, 0.6) is 5.75 Å². The van der Waals surface area contributed by atoms with Crippen molar-refractivity contribution < 1.29 is 9.13 Å². The average molecular weight is 309 g/mol. The van der Waals surface area contributed by atoms with Crippen molar-refractivity contribution in [3.63, 3.8) is 0 Å².